The van der Waals surface area contributed by atoms with Crippen LogP contribution in [0.5, 0.6) is 0 Å². The van der Waals surface area contributed by atoms with Gasteiger partial charge in [-0.1, -0.05) is 97.1 Å². The first kappa shape index (κ1) is 45.0. The van der Waals surface area contributed by atoms with Crippen molar-refractivity contribution in [1.82, 2.24) is 24.6 Å². The number of pyridine rings is 1. The van der Waals surface area contributed by atoms with Crippen LogP contribution < -0.4 is 0 Å². The topological polar surface area (TPSA) is 113 Å². The van der Waals surface area contributed by atoms with Crippen LogP contribution in [0.1, 0.15) is 84.5 Å². The first-order valence-corrected chi connectivity index (χ1v) is 21.5. The van der Waals surface area contributed by atoms with Gasteiger partial charge in [-0.2, -0.15) is 0 Å². The lowest BCUT2D eigenvalue weighted by Crippen LogP contribution is -2.34. The maximum Gasteiger partial charge on any atom is 0.410 e. The van der Waals surface area contributed by atoms with Crippen LogP contribution in [-0.2, 0) is 35.7 Å². The van der Waals surface area contributed by atoms with Crippen molar-refractivity contribution in [3.63, 3.8) is 0 Å². The zero-order valence-corrected chi connectivity index (χ0v) is 38.5. The monoisotopic (exact) mass is 859 g/mol. The van der Waals surface area contributed by atoms with Crippen molar-refractivity contribution in [3.05, 3.63) is 149 Å². The van der Waals surface area contributed by atoms with E-state index in [1.807, 2.05) is 139 Å². The molecule has 0 fully saturated rings. The van der Waals surface area contributed by atoms with Crippen molar-refractivity contribution in [2.75, 3.05) is 28.2 Å². The Labute approximate surface area is 375 Å². The first-order valence-electron chi connectivity index (χ1n) is 21.5. The number of amides is 4. The maximum atomic E-state index is 14.2. The number of carbonyl (C=O) groups is 4. The molecule has 1 aromatic heterocycles. The van der Waals surface area contributed by atoms with Crippen molar-refractivity contribution in [2.45, 2.75) is 78.9 Å². The van der Waals surface area contributed by atoms with E-state index < -0.39 is 23.4 Å². The van der Waals surface area contributed by atoms with Gasteiger partial charge in [0.15, 0.2) is 0 Å². The molecule has 7 rings (SSSR count). The summed E-state index contributed by atoms with van der Waals surface area (Å²) in [7, 11) is 6.98. The second kappa shape index (κ2) is 18.0. The summed E-state index contributed by atoms with van der Waals surface area (Å²) < 4.78 is 11.3. The van der Waals surface area contributed by atoms with Crippen LogP contribution in [0.25, 0.3) is 43.1 Å². The fourth-order valence-electron chi connectivity index (χ4n) is 8.32. The van der Waals surface area contributed by atoms with Crippen molar-refractivity contribution in [2.24, 2.45) is 0 Å². The van der Waals surface area contributed by atoms with Gasteiger partial charge in [0.2, 0.25) is 0 Å². The highest BCUT2D eigenvalue weighted by molar-refractivity contribution is 6.08. The highest BCUT2D eigenvalue weighted by Gasteiger charge is 2.26. The molecule has 7 aromatic rings. The van der Waals surface area contributed by atoms with E-state index in [2.05, 4.69) is 4.98 Å². The molecule has 0 bridgehead atoms. The number of carbonyl (C=O) groups excluding carboxylic acids is 4. The number of rotatable bonds is 10. The molecule has 11 heteroatoms. The molecule has 0 saturated carbocycles. The molecule has 330 valence electrons. The third-order valence-corrected chi connectivity index (χ3v) is 11.2. The molecule has 0 aliphatic carbocycles. The number of nitrogens with zero attached hydrogens (tertiary/aromatic N) is 5. The van der Waals surface area contributed by atoms with Crippen LogP contribution in [0.15, 0.2) is 116 Å². The molecule has 0 spiro atoms. The van der Waals surface area contributed by atoms with E-state index in [0.717, 1.165) is 65.3 Å². The third kappa shape index (κ3) is 9.63. The Balaban J connectivity index is 1.15. The van der Waals surface area contributed by atoms with E-state index in [1.165, 1.54) is 12.4 Å². The van der Waals surface area contributed by atoms with Crippen LogP contribution in [-0.4, -0.2) is 88.0 Å². The number of hydrogen-bond donors (Lipinski definition) is 0. The van der Waals surface area contributed by atoms with Gasteiger partial charge in [-0.3, -0.25) is 14.6 Å². The molecule has 6 aromatic carbocycles. The Morgan fingerprint density at radius 2 is 0.656 bits per heavy atom. The molecular formula is C53H57N5O6. The fraction of sp³-hybridized carbons (Fsp3) is 0.302. The number of benzene rings is 6. The zero-order valence-electron chi connectivity index (χ0n) is 38.5. The molecule has 0 aliphatic rings. The van der Waals surface area contributed by atoms with Crippen molar-refractivity contribution < 1.29 is 28.7 Å². The lowest BCUT2D eigenvalue weighted by atomic mass is 9.91. The quantitative estimate of drug-likeness (QED) is 0.126. The Morgan fingerprint density at radius 1 is 0.422 bits per heavy atom. The summed E-state index contributed by atoms with van der Waals surface area (Å²) in [5.74, 6) is -0.564. The van der Waals surface area contributed by atoms with Gasteiger partial charge in [-0.25, -0.2) is 9.59 Å². The number of ether oxygens (including phenoxy) is 2. The smallest absolute Gasteiger partial charge is 0.410 e. The van der Waals surface area contributed by atoms with Gasteiger partial charge < -0.3 is 29.1 Å². The lowest BCUT2D eigenvalue weighted by molar-refractivity contribution is 0.0276. The van der Waals surface area contributed by atoms with Crippen LogP contribution in [0.4, 0.5) is 9.59 Å². The Hall–Kier alpha value is -7.01. The van der Waals surface area contributed by atoms with E-state index in [1.54, 1.807) is 53.9 Å². The molecule has 0 aliphatic heterocycles. The Morgan fingerprint density at radius 3 is 0.891 bits per heavy atom. The van der Waals surface area contributed by atoms with Gasteiger partial charge in [0.05, 0.1) is 11.1 Å². The predicted molar refractivity (Wildman–Crippen MR) is 254 cm³/mol. The molecule has 0 unspecified atom stereocenters. The highest BCUT2D eigenvalue weighted by Crippen LogP contribution is 2.37. The molecule has 0 atom stereocenters. The average molecular weight is 860 g/mol. The van der Waals surface area contributed by atoms with Gasteiger partial charge in [0.1, 0.15) is 11.2 Å². The summed E-state index contributed by atoms with van der Waals surface area (Å²) in [4.78, 5) is 65.4. The summed E-state index contributed by atoms with van der Waals surface area (Å²) in [6.07, 6.45) is 2.17. The molecule has 64 heavy (non-hydrogen) atoms. The van der Waals surface area contributed by atoms with Crippen LogP contribution in [0.3, 0.4) is 0 Å². The summed E-state index contributed by atoms with van der Waals surface area (Å²) in [5.41, 5.74) is 3.23. The Kier molecular flexibility index (Phi) is 12.7. The Bertz CT molecular complexity index is 2620. The standard InChI is InChI=1S/C53H57N5O6/c1-52(2,3)63-50(61)57(9)32-46-40-23-15-11-19-36(40)44(37-20-12-16-24-41(37)46)30-55(7)48(59)34-27-35(29-54-28-34)49(60)56(8)31-45-38-21-13-17-25-42(38)47(43-26-18-14-22-39(43)45)33-58(10)51(62)64-53(4,5)6/h11-29H,30-33H2,1-10H3. The van der Waals surface area contributed by atoms with E-state index in [0.29, 0.717) is 24.2 Å². The van der Waals surface area contributed by atoms with Gasteiger partial charge in [-0.15, -0.1) is 0 Å². The summed E-state index contributed by atoms with van der Waals surface area (Å²) in [5, 5.41) is 7.81. The maximum absolute atomic E-state index is 14.2. The van der Waals surface area contributed by atoms with Crippen molar-refractivity contribution >= 4 is 67.1 Å². The molecule has 1 heterocycles. The van der Waals surface area contributed by atoms with Crippen LogP contribution >= 0.6 is 0 Å². The minimum Gasteiger partial charge on any atom is -0.444 e. The molecule has 11 nitrogen and oxygen atoms in total. The second-order valence-corrected chi connectivity index (χ2v) is 18.6. The number of aromatic nitrogens is 1. The highest BCUT2D eigenvalue weighted by atomic mass is 16.6. The summed E-state index contributed by atoms with van der Waals surface area (Å²) in [6, 6.07) is 33.8. The predicted octanol–water partition coefficient (Wildman–Crippen LogP) is 11.0. The zero-order chi connectivity index (χ0) is 46.1. The van der Waals surface area contributed by atoms with E-state index in [4.69, 9.17) is 9.47 Å². The van der Waals surface area contributed by atoms with Gasteiger partial charge in [0.25, 0.3) is 11.8 Å². The van der Waals surface area contributed by atoms with Gasteiger partial charge in [0, 0.05) is 66.8 Å². The number of fused-ring (bicyclic) bond motifs is 4. The van der Waals surface area contributed by atoms with E-state index >= 15 is 0 Å². The number of hydrogen-bond acceptors (Lipinski definition) is 7. The van der Waals surface area contributed by atoms with E-state index in [-0.39, 0.29) is 24.9 Å². The normalized spacial score (nSPS) is 11.8. The molecule has 0 radical (unpaired) electrons. The van der Waals surface area contributed by atoms with Gasteiger partial charge in [-0.05, 0) is 113 Å². The molecule has 0 saturated heterocycles. The molecular weight excluding hydrogens is 803 g/mol. The lowest BCUT2D eigenvalue weighted by Gasteiger charge is -2.27. The van der Waals surface area contributed by atoms with Crippen LogP contribution in [0, 0.1) is 0 Å². The third-order valence-electron chi connectivity index (χ3n) is 11.2. The van der Waals surface area contributed by atoms with Crippen molar-refractivity contribution in [3.8, 4) is 0 Å². The minimum atomic E-state index is -0.627. The fourth-order valence-corrected chi connectivity index (χ4v) is 8.32. The summed E-state index contributed by atoms with van der Waals surface area (Å²) in [6.45, 7) is 12.3. The average Bonchev–Trinajstić information content (AvgIpc) is 3.26. The van der Waals surface area contributed by atoms with Gasteiger partial charge >= 0.3 is 12.2 Å². The van der Waals surface area contributed by atoms with Crippen LogP contribution in [0.2, 0.25) is 0 Å². The first-order chi connectivity index (χ1) is 30.3. The summed E-state index contributed by atoms with van der Waals surface area (Å²) >= 11 is 0. The van der Waals surface area contributed by atoms with E-state index in [9.17, 15) is 19.2 Å². The SMILES string of the molecule is CN(Cc1c2ccccc2c(CN(C)C(=O)c2cncc(C(=O)N(C)Cc3c4ccccc4c(CN(C)C(=O)OC(C)(C)C)c4ccccc34)c2)c2ccccc12)C(=O)OC(C)(C)C. The molecule has 0 N–H and O–H groups in total. The molecule has 4 amide bonds. The largest absolute Gasteiger partial charge is 0.444 e. The van der Waals surface area contributed by atoms with Crippen molar-refractivity contribution in [1.29, 1.82) is 0 Å². The second-order valence-electron chi connectivity index (χ2n) is 18.6. The minimum absolute atomic E-state index is 0.282.